The molecule has 0 rings (SSSR count). The molecule has 10 heteroatoms. The molecule has 0 aromatic heterocycles. The molecule has 0 bridgehead atoms. The summed E-state index contributed by atoms with van der Waals surface area (Å²) in [6.45, 7) is -0.534. The number of carbonyl (C=O) groups excluding carboxylic acids is 1. The Hall–Kier alpha value is -1.04. The maximum absolute atomic E-state index is 11.1. The van der Waals surface area contributed by atoms with Crippen LogP contribution >= 0.6 is 0 Å². The number of aliphatic hydroxyl groups excluding tert-OH is 1. The van der Waals surface area contributed by atoms with E-state index in [1.165, 1.54) is 21.3 Å². The summed E-state index contributed by atoms with van der Waals surface area (Å²) in [6.07, 6.45) is -1.68. The van der Waals surface area contributed by atoms with Gasteiger partial charge in [-0.3, -0.25) is 9.59 Å². The Bertz CT molecular complexity index is 297. The molecule has 0 spiro atoms. The standard InChI is InChI=1S/C10H20O9Si/c1-15-20(16-2,17-3)19-7-8(11)6-18-10(14)5-4-9(12)13/h8,11H,4-7H2,1-3H3,(H,12,13). The van der Waals surface area contributed by atoms with Crippen LogP contribution < -0.4 is 0 Å². The number of aliphatic carboxylic acids is 1. The minimum Gasteiger partial charge on any atom is -0.481 e. The number of hydrogen-bond acceptors (Lipinski definition) is 8. The molecular weight excluding hydrogens is 292 g/mol. The number of carboxylic acid groups (broad SMARTS) is 1. The van der Waals surface area contributed by atoms with Gasteiger partial charge in [0.05, 0.1) is 19.4 Å². The van der Waals surface area contributed by atoms with Crippen molar-refractivity contribution in [3.05, 3.63) is 0 Å². The van der Waals surface area contributed by atoms with E-state index in [-0.39, 0.29) is 26.1 Å². The Balaban J connectivity index is 3.96. The molecule has 0 saturated carbocycles. The van der Waals surface area contributed by atoms with Crippen LogP contribution in [-0.4, -0.2) is 71.8 Å². The van der Waals surface area contributed by atoms with Crippen LogP contribution in [0.3, 0.4) is 0 Å². The highest BCUT2D eigenvalue weighted by Crippen LogP contribution is 2.08. The van der Waals surface area contributed by atoms with E-state index in [1.54, 1.807) is 0 Å². The van der Waals surface area contributed by atoms with Gasteiger partial charge in [-0.1, -0.05) is 0 Å². The fraction of sp³-hybridized carbons (Fsp3) is 0.800. The molecule has 1 atom stereocenters. The largest absolute Gasteiger partial charge is 0.678 e. The molecule has 20 heavy (non-hydrogen) atoms. The third-order valence-electron chi connectivity index (χ3n) is 2.18. The van der Waals surface area contributed by atoms with Gasteiger partial charge in [-0.25, -0.2) is 0 Å². The average molecular weight is 312 g/mol. The molecule has 0 aliphatic carbocycles. The molecule has 0 aromatic carbocycles. The third kappa shape index (κ3) is 7.52. The van der Waals surface area contributed by atoms with E-state index in [2.05, 4.69) is 4.74 Å². The van der Waals surface area contributed by atoms with Gasteiger partial charge in [0.2, 0.25) is 0 Å². The van der Waals surface area contributed by atoms with Crippen LogP contribution in [0.2, 0.25) is 0 Å². The van der Waals surface area contributed by atoms with Crippen LogP contribution in [0.25, 0.3) is 0 Å². The van der Waals surface area contributed by atoms with Crippen molar-refractivity contribution >= 4 is 21.0 Å². The van der Waals surface area contributed by atoms with Crippen molar-refractivity contribution in [2.45, 2.75) is 18.9 Å². The zero-order valence-electron chi connectivity index (χ0n) is 11.7. The molecule has 2 N–H and O–H groups in total. The van der Waals surface area contributed by atoms with E-state index in [1.807, 2.05) is 0 Å². The molecule has 0 heterocycles. The maximum atomic E-state index is 11.1. The number of aliphatic hydroxyl groups is 1. The van der Waals surface area contributed by atoms with Crippen molar-refractivity contribution in [3.8, 4) is 0 Å². The lowest BCUT2D eigenvalue weighted by molar-refractivity contribution is -0.150. The van der Waals surface area contributed by atoms with Crippen LogP contribution in [0.15, 0.2) is 0 Å². The highest BCUT2D eigenvalue weighted by Gasteiger charge is 2.42. The molecule has 0 aromatic rings. The topological polar surface area (TPSA) is 121 Å². The Labute approximate surface area is 117 Å². The fourth-order valence-electron chi connectivity index (χ4n) is 1.14. The van der Waals surface area contributed by atoms with Gasteiger partial charge in [0, 0.05) is 21.3 Å². The van der Waals surface area contributed by atoms with E-state index < -0.39 is 27.1 Å². The monoisotopic (exact) mass is 312 g/mol. The summed E-state index contributed by atoms with van der Waals surface area (Å²) in [4.78, 5) is 21.4. The first-order valence-corrected chi connectivity index (χ1v) is 7.37. The first kappa shape index (κ1) is 19.0. The highest BCUT2D eigenvalue weighted by atomic mass is 28.4. The first-order valence-electron chi connectivity index (χ1n) is 5.74. The van der Waals surface area contributed by atoms with Gasteiger partial charge in [0.25, 0.3) is 0 Å². The van der Waals surface area contributed by atoms with Crippen LogP contribution in [0, 0.1) is 0 Å². The summed E-state index contributed by atoms with van der Waals surface area (Å²) in [5, 5.41) is 17.9. The molecule has 0 saturated heterocycles. The zero-order valence-corrected chi connectivity index (χ0v) is 12.7. The quantitative estimate of drug-likeness (QED) is 0.371. The number of ether oxygens (including phenoxy) is 1. The highest BCUT2D eigenvalue weighted by molar-refractivity contribution is 6.53. The number of carboxylic acids is 1. The normalized spacial score (nSPS) is 13.0. The van der Waals surface area contributed by atoms with Crippen molar-refractivity contribution in [1.82, 2.24) is 0 Å². The minimum atomic E-state index is -3.24. The van der Waals surface area contributed by atoms with Gasteiger partial charge in [0.1, 0.15) is 12.7 Å². The Morgan fingerprint density at radius 3 is 2.05 bits per heavy atom. The van der Waals surface area contributed by atoms with Crippen molar-refractivity contribution in [3.63, 3.8) is 0 Å². The van der Waals surface area contributed by atoms with Crippen molar-refractivity contribution in [1.29, 1.82) is 0 Å². The van der Waals surface area contributed by atoms with Crippen LogP contribution in [0.1, 0.15) is 12.8 Å². The summed E-state index contributed by atoms with van der Waals surface area (Å²) in [5.74, 6) is -1.80. The van der Waals surface area contributed by atoms with Crippen molar-refractivity contribution in [2.75, 3.05) is 34.5 Å². The molecule has 0 aliphatic heterocycles. The first-order chi connectivity index (χ1) is 9.39. The van der Waals surface area contributed by atoms with E-state index in [9.17, 15) is 14.7 Å². The summed E-state index contributed by atoms with van der Waals surface area (Å²) < 4.78 is 24.8. The van der Waals surface area contributed by atoms with Crippen LogP contribution in [-0.2, 0) is 32.0 Å². The Morgan fingerprint density at radius 1 is 1.05 bits per heavy atom. The fourth-order valence-corrected chi connectivity index (χ4v) is 2.39. The van der Waals surface area contributed by atoms with Crippen LogP contribution in [0.4, 0.5) is 0 Å². The van der Waals surface area contributed by atoms with Crippen LogP contribution in [0.5, 0.6) is 0 Å². The summed E-state index contributed by atoms with van der Waals surface area (Å²) in [7, 11) is 0.790. The van der Waals surface area contributed by atoms with E-state index in [4.69, 9.17) is 22.8 Å². The predicted octanol–water partition coefficient (Wildman–Crippen LogP) is -0.853. The van der Waals surface area contributed by atoms with Gasteiger partial charge in [-0.05, 0) is 0 Å². The lowest BCUT2D eigenvalue weighted by Crippen LogP contribution is -2.48. The zero-order chi connectivity index (χ0) is 15.6. The SMILES string of the molecule is CO[Si](OC)(OC)OCC(O)COC(=O)CCC(=O)O. The van der Waals surface area contributed by atoms with Gasteiger partial charge in [-0.2, -0.15) is 0 Å². The van der Waals surface area contributed by atoms with E-state index >= 15 is 0 Å². The predicted molar refractivity (Wildman–Crippen MR) is 66.6 cm³/mol. The third-order valence-corrected chi connectivity index (χ3v) is 4.20. The number of carbonyl (C=O) groups is 2. The molecule has 1 unspecified atom stereocenters. The Morgan fingerprint density at radius 2 is 1.60 bits per heavy atom. The van der Waals surface area contributed by atoms with Gasteiger partial charge < -0.3 is 32.7 Å². The van der Waals surface area contributed by atoms with Crippen molar-refractivity contribution in [2.24, 2.45) is 0 Å². The molecule has 9 nitrogen and oxygen atoms in total. The molecular formula is C10H20O9Si. The summed E-state index contributed by atoms with van der Waals surface area (Å²) in [6, 6.07) is 0. The number of hydrogen-bond donors (Lipinski definition) is 2. The molecule has 0 amide bonds. The van der Waals surface area contributed by atoms with Gasteiger partial charge in [-0.15, -0.1) is 0 Å². The van der Waals surface area contributed by atoms with Gasteiger partial charge >= 0.3 is 21.0 Å². The molecule has 0 fully saturated rings. The molecule has 0 aliphatic rings. The second-order valence-corrected chi connectivity index (χ2v) is 6.17. The lowest BCUT2D eigenvalue weighted by atomic mass is 10.3. The van der Waals surface area contributed by atoms with Crippen molar-refractivity contribution < 1.29 is 42.2 Å². The second kappa shape index (κ2) is 9.80. The molecule has 0 radical (unpaired) electrons. The smallest absolute Gasteiger partial charge is 0.481 e. The number of rotatable bonds is 11. The van der Waals surface area contributed by atoms with E-state index in [0.29, 0.717) is 0 Å². The number of esters is 1. The van der Waals surface area contributed by atoms with Gasteiger partial charge in [0.15, 0.2) is 0 Å². The summed E-state index contributed by atoms with van der Waals surface area (Å²) in [5.41, 5.74) is 0. The Kier molecular flexibility index (Phi) is 9.29. The summed E-state index contributed by atoms with van der Waals surface area (Å²) >= 11 is 0. The molecule has 118 valence electrons. The lowest BCUT2D eigenvalue weighted by Gasteiger charge is -2.24. The minimum absolute atomic E-state index is 0.214. The second-order valence-electron chi connectivity index (χ2n) is 3.65. The van der Waals surface area contributed by atoms with E-state index in [0.717, 1.165) is 0 Å². The average Bonchev–Trinajstić information content (AvgIpc) is 2.45. The maximum Gasteiger partial charge on any atom is 0.678 e.